The van der Waals surface area contributed by atoms with E-state index in [0.717, 1.165) is 28.2 Å². The Bertz CT molecular complexity index is 521. The molecule has 82 valence electrons. The van der Waals surface area contributed by atoms with Crippen LogP contribution in [-0.2, 0) is 6.42 Å². The Kier molecular flexibility index (Phi) is 3.36. The zero-order valence-corrected chi connectivity index (χ0v) is 10.3. The number of carbonyl (C=O) groups is 1. The van der Waals surface area contributed by atoms with Gasteiger partial charge in [-0.25, -0.2) is 4.98 Å². The van der Waals surface area contributed by atoms with E-state index in [4.69, 9.17) is 11.6 Å². The zero-order chi connectivity index (χ0) is 11.5. The molecule has 0 unspecified atom stereocenters. The SMILES string of the molecule is CCc1sc(-c2cccc(Cl)c2)nc1C=O. The average molecular weight is 252 g/mol. The summed E-state index contributed by atoms with van der Waals surface area (Å²) in [5, 5.41) is 1.53. The molecule has 0 aliphatic carbocycles. The molecule has 0 saturated heterocycles. The first kappa shape index (κ1) is 11.3. The Morgan fingerprint density at radius 3 is 2.88 bits per heavy atom. The van der Waals surface area contributed by atoms with Gasteiger partial charge < -0.3 is 0 Å². The van der Waals surface area contributed by atoms with Crippen molar-refractivity contribution in [3.63, 3.8) is 0 Å². The molecule has 2 aromatic rings. The number of rotatable bonds is 3. The highest BCUT2D eigenvalue weighted by Gasteiger charge is 2.10. The van der Waals surface area contributed by atoms with E-state index in [9.17, 15) is 4.79 Å². The van der Waals surface area contributed by atoms with E-state index < -0.39 is 0 Å². The van der Waals surface area contributed by atoms with Gasteiger partial charge in [0, 0.05) is 15.5 Å². The monoisotopic (exact) mass is 251 g/mol. The molecule has 0 N–H and O–H groups in total. The van der Waals surface area contributed by atoms with Crippen molar-refractivity contribution in [2.24, 2.45) is 0 Å². The molecule has 0 saturated carbocycles. The topological polar surface area (TPSA) is 30.0 Å². The lowest BCUT2D eigenvalue weighted by molar-refractivity contribution is 0.111. The third kappa shape index (κ3) is 2.15. The molecule has 1 heterocycles. The average Bonchev–Trinajstić information content (AvgIpc) is 2.72. The van der Waals surface area contributed by atoms with E-state index in [1.165, 1.54) is 0 Å². The number of aromatic nitrogens is 1. The molecule has 0 aliphatic rings. The Morgan fingerprint density at radius 2 is 2.31 bits per heavy atom. The Hall–Kier alpha value is -1.19. The molecule has 16 heavy (non-hydrogen) atoms. The minimum Gasteiger partial charge on any atom is -0.296 e. The Balaban J connectivity index is 2.48. The molecule has 0 fully saturated rings. The van der Waals surface area contributed by atoms with E-state index >= 15 is 0 Å². The third-order valence-electron chi connectivity index (χ3n) is 2.23. The molecule has 0 bridgehead atoms. The predicted molar refractivity (Wildman–Crippen MR) is 67.3 cm³/mol. The molecular weight excluding hydrogens is 242 g/mol. The normalized spacial score (nSPS) is 10.4. The van der Waals surface area contributed by atoms with Crippen molar-refractivity contribution in [2.75, 3.05) is 0 Å². The number of hydrogen-bond donors (Lipinski definition) is 0. The second-order valence-electron chi connectivity index (χ2n) is 3.31. The van der Waals surface area contributed by atoms with Gasteiger partial charge in [-0.05, 0) is 18.6 Å². The summed E-state index contributed by atoms with van der Waals surface area (Å²) in [6.45, 7) is 2.02. The van der Waals surface area contributed by atoms with Crippen molar-refractivity contribution in [1.82, 2.24) is 4.98 Å². The number of aldehydes is 1. The van der Waals surface area contributed by atoms with Crippen LogP contribution in [0.15, 0.2) is 24.3 Å². The van der Waals surface area contributed by atoms with Crippen molar-refractivity contribution in [3.05, 3.63) is 39.9 Å². The highest BCUT2D eigenvalue weighted by molar-refractivity contribution is 7.15. The molecule has 2 rings (SSSR count). The van der Waals surface area contributed by atoms with Crippen LogP contribution in [0.5, 0.6) is 0 Å². The highest BCUT2D eigenvalue weighted by atomic mass is 35.5. The van der Waals surface area contributed by atoms with E-state index in [-0.39, 0.29) is 0 Å². The van der Waals surface area contributed by atoms with Gasteiger partial charge in [0.25, 0.3) is 0 Å². The van der Waals surface area contributed by atoms with Crippen LogP contribution in [0, 0.1) is 0 Å². The first-order valence-electron chi connectivity index (χ1n) is 4.95. The highest BCUT2D eigenvalue weighted by Crippen LogP contribution is 2.29. The largest absolute Gasteiger partial charge is 0.296 e. The van der Waals surface area contributed by atoms with Crippen molar-refractivity contribution in [3.8, 4) is 10.6 Å². The summed E-state index contributed by atoms with van der Waals surface area (Å²) < 4.78 is 0. The lowest BCUT2D eigenvalue weighted by Crippen LogP contribution is -1.85. The van der Waals surface area contributed by atoms with Gasteiger partial charge in [-0.15, -0.1) is 11.3 Å². The maximum absolute atomic E-state index is 10.8. The van der Waals surface area contributed by atoms with Gasteiger partial charge in [0.2, 0.25) is 0 Å². The fourth-order valence-electron chi connectivity index (χ4n) is 1.45. The van der Waals surface area contributed by atoms with Gasteiger partial charge in [0.15, 0.2) is 6.29 Å². The van der Waals surface area contributed by atoms with Crippen molar-refractivity contribution in [2.45, 2.75) is 13.3 Å². The number of halogens is 1. The van der Waals surface area contributed by atoms with Gasteiger partial charge >= 0.3 is 0 Å². The van der Waals surface area contributed by atoms with E-state index in [1.54, 1.807) is 11.3 Å². The fourth-order valence-corrected chi connectivity index (χ4v) is 2.61. The molecular formula is C12H10ClNOS. The van der Waals surface area contributed by atoms with Crippen molar-refractivity contribution >= 4 is 29.2 Å². The molecule has 0 amide bonds. The maximum Gasteiger partial charge on any atom is 0.169 e. The first-order chi connectivity index (χ1) is 7.74. The molecule has 1 aromatic heterocycles. The van der Waals surface area contributed by atoms with Gasteiger partial charge in [-0.2, -0.15) is 0 Å². The lowest BCUT2D eigenvalue weighted by atomic mass is 10.2. The van der Waals surface area contributed by atoms with Crippen LogP contribution in [-0.4, -0.2) is 11.3 Å². The van der Waals surface area contributed by atoms with Crippen LogP contribution in [0.2, 0.25) is 5.02 Å². The molecule has 0 radical (unpaired) electrons. The summed E-state index contributed by atoms with van der Waals surface area (Å²) in [5.74, 6) is 0. The number of nitrogens with zero attached hydrogens (tertiary/aromatic N) is 1. The minimum atomic E-state index is 0.544. The van der Waals surface area contributed by atoms with Crippen LogP contribution < -0.4 is 0 Å². The molecule has 4 heteroatoms. The van der Waals surface area contributed by atoms with Crippen LogP contribution in [0.25, 0.3) is 10.6 Å². The van der Waals surface area contributed by atoms with Crippen LogP contribution >= 0.6 is 22.9 Å². The van der Waals surface area contributed by atoms with Crippen LogP contribution in [0.4, 0.5) is 0 Å². The third-order valence-corrected chi connectivity index (χ3v) is 3.73. The minimum absolute atomic E-state index is 0.544. The maximum atomic E-state index is 10.8. The Labute approximate surface area is 103 Å². The molecule has 0 spiro atoms. The summed E-state index contributed by atoms with van der Waals surface area (Å²) in [4.78, 5) is 16.1. The summed E-state index contributed by atoms with van der Waals surface area (Å²) in [7, 11) is 0. The number of aryl methyl sites for hydroxylation is 1. The molecule has 1 aromatic carbocycles. The standard InChI is InChI=1S/C12H10ClNOS/c1-2-11-10(7-15)14-12(16-11)8-4-3-5-9(13)6-8/h3-7H,2H2,1H3. The lowest BCUT2D eigenvalue weighted by Gasteiger charge is -1.95. The number of benzene rings is 1. The van der Waals surface area contributed by atoms with Gasteiger partial charge in [-0.3, -0.25) is 4.79 Å². The summed E-state index contributed by atoms with van der Waals surface area (Å²) in [5.41, 5.74) is 1.50. The summed E-state index contributed by atoms with van der Waals surface area (Å²) in [6, 6.07) is 7.50. The van der Waals surface area contributed by atoms with E-state index in [0.29, 0.717) is 10.7 Å². The summed E-state index contributed by atoms with van der Waals surface area (Å²) >= 11 is 7.46. The second kappa shape index (κ2) is 4.76. The number of hydrogen-bond acceptors (Lipinski definition) is 3. The van der Waals surface area contributed by atoms with Crippen LogP contribution in [0.1, 0.15) is 22.3 Å². The summed E-state index contributed by atoms with van der Waals surface area (Å²) in [6.07, 6.45) is 1.63. The van der Waals surface area contributed by atoms with Gasteiger partial charge in [0.1, 0.15) is 10.7 Å². The van der Waals surface area contributed by atoms with Gasteiger partial charge in [0.05, 0.1) is 0 Å². The van der Waals surface area contributed by atoms with Gasteiger partial charge in [-0.1, -0.05) is 30.7 Å². The first-order valence-corrected chi connectivity index (χ1v) is 6.15. The fraction of sp³-hybridized carbons (Fsp3) is 0.167. The van der Waals surface area contributed by atoms with E-state index in [2.05, 4.69) is 4.98 Å². The molecule has 0 atom stereocenters. The molecule has 0 aliphatic heterocycles. The Morgan fingerprint density at radius 1 is 1.50 bits per heavy atom. The van der Waals surface area contributed by atoms with E-state index in [1.807, 2.05) is 31.2 Å². The predicted octanol–water partition coefficient (Wildman–Crippen LogP) is 3.84. The van der Waals surface area contributed by atoms with Crippen LogP contribution in [0.3, 0.4) is 0 Å². The number of thiazole rings is 1. The van der Waals surface area contributed by atoms with Crippen molar-refractivity contribution in [1.29, 1.82) is 0 Å². The number of carbonyl (C=O) groups excluding carboxylic acids is 1. The smallest absolute Gasteiger partial charge is 0.169 e. The molecule has 2 nitrogen and oxygen atoms in total. The quantitative estimate of drug-likeness (QED) is 0.776. The second-order valence-corrected chi connectivity index (χ2v) is 4.83. The van der Waals surface area contributed by atoms with Crippen molar-refractivity contribution < 1.29 is 4.79 Å². The zero-order valence-electron chi connectivity index (χ0n) is 8.74.